The van der Waals surface area contributed by atoms with Crippen LogP contribution in [-0.4, -0.2) is 28.0 Å². The fraction of sp³-hybridized carbons (Fsp3) is 0.438. The van der Waals surface area contributed by atoms with Crippen LogP contribution in [0.4, 0.5) is 0 Å². The van der Waals surface area contributed by atoms with Crippen molar-refractivity contribution in [2.75, 3.05) is 13.2 Å². The Kier molecular flexibility index (Phi) is 4.57. The van der Waals surface area contributed by atoms with Crippen molar-refractivity contribution in [1.82, 2.24) is 9.78 Å². The topological polar surface area (TPSA) is 64.1 Å². The van der Waals surface area contributed by atoms with Gasteiger partial charge < -0.3 is 10.8 Å². The Morgan fingerprint density at radius 3 is 2.75 bits per heavy atom. The van der Waals surface area contributed by atoms with E-state index in [-0.39, 0.29) is 6.61 Å². The van der Waals surface area contributed by atoms with Gasteiger partial charge in [0.2, 0.25) is 0 Å². The smallest absolute Gasteiger partial charge is 0.0543 e. The number of aryl methyl sites for hydroxylation is 2. The summed E-state index contributed by atoms with van der Waals surface area (Å²) >= 11 is 0. The summed E-state index contributed by atoms with van der Waals surface area (Å²) in [4.78, 5) is 0. The van der Waals surface area contributed by atoms with Crippen LogP contribution in [0.2, 0.25) is 0 Å². The first kappa shape index (κ1) is 14.8. The Labute approximate surface area is 120 Å². The van der Waals surface area contributed by atoms with Gasteiger partial charge in [0.25, 0.3) is 0 Å². The molecule has 1 aromatic heterocycles. The first-order valence-corrected chi connectivity index (χ1v) is 7.03. The molecular weight excluding hydrogens is 250 g/mol. The third kappa shape index (κ3) is 2.92. The van der Waals surface area contributed by atoms with Crippen molar-refractivity contribution in [3.63, 3.8) is 0 Å². The van der Waals surface area contributed by atoms with Gasteiger partial charge in [-0.2, -0.15) is 5.10 Å². The highest BCUT2D eigenvalue weighted by Crippen LogP contribution is 2.28. The first-order valence-electron chi connectivity index (χ1n) is 7.03. The number of hydrogen-bond donors (Lipinski definition) is 2. The predicted octanol–water partition coefficient (Wildman–Crippen LogP) is 1.64. The van der Waals surface area contributed by atoms with Crippen molar-refractivity contribution < 1.29 is 5.11 Å². The molecule has 1 unspecified atom stereocenters. The molecule has 1 aromatic carbocycles. The van der Waals surface area contributed by atoms with Crippen molar-refractivity contribution in [3.8, 4) is 0 Å². The number of hydrogen-bond acceptors (Lipinski definition) is 3. The van der Waals surface area contributed by atoms with Gasteiger partial charge >= 0.3 is 0 Å². The quantitative estimate of drug-likeness (QED) is 0.841. The number of nitrogens with zero attached hydrogens (tertiary/aromatic N) is 2. The average molecular weight is 273 g/mol. The van der Waals surface area contributed by atoms with Crippen LogP contribution < -0.4 is 5.73 Å². The van der Waals surface area contributed by atoms with Crippen LogP contribution in [0.5, 0.6) is 0 Å². The van der Waals surface area contributed by atoms with Gasteiger partial charge in [0.05, 0.1) is 12.8 Å². The van der Waals surface area contributed by atoms with Gasteiger partial charge in [0.15, 0.2) is 0 Å². The number of aromatic nitrogens is 2. The molecule has 0 aliphatic heterocycles. The molecule has 0 bridgehead atoms. The van der Waals surface area contributed by atoms with Gasteiger partial charge in [-0.25, -0.2) is 0 Å². The molecule has 20 heavy (non-hydrogen) atoms. The van der Waals surface area contributed by atoms with E-state index in [4.69, 9.17) is 5.73 Å². The highest BCUT2D eigenvalue weighted by atomic mass is 16.3. The lowest BCUT2D eigenvalue weighted by atomic mass is 9.76. The highest BCUT2D eigenvalue weighted by Gasteiger charge is 2.31. The minimum absolute atomic E-state index is 0.0320. The summed E-state index contributed by atoms with van der Waals surface area (Å²) in [6, 6.07) is 8.21. The van der Waals surface area contributed by atoms with Crippen molar-refractivity contribution in [2.45, 2.75) is 32.2 Å². The fourth-order valence-electron chi connectivity index (χ4n) is 2.54. The molecule has 0 aliphatic carbocycles. The summed E-state index contributed by atoms with van der Waals surface area (Å²) in [6.45, 7) is 5.39. The molecule has 0 spiro atoms. The zero-order valence-corrected chi connectivity index (χ0v) is 12.2. The van der Waals surface area contributed by atoms with Crippen LogP contribution in [0.1, 0.15) is 23.6 Å². The standard InChI is InChI=1S/C16H23N3O/c1-3-19-10-14(9-18-19)8-16(11-17,12-20)15-6-4-5-13(2)7-15/h4-7,9-10,20H,3,8,11-12,17H2,1-2H3. The maximum Gasteiger partial charge on any atom is 0.0543 e. The normalized spacial score (nSPS) is 14.2. The molecular formula is C16H23N3O. The summed E-state index contributed by atoms with van der Waals surface area (Å²) in [7, 11) is 0. The van der Waals surface area contributed by atoms with E-state index < -0.39 is 5.41 Å². The highest BCUT2D eigenvalue weighted by molar-refractivity contribution is 5.32. The lowest BCUT2D eigenvalue weighted by Crippen LogP contribution is -2.41. The lowest BCUT2D eigenvalue weighted by Gasteiger charge is -2.31. The zero-order valence-electron chi connectivity index (χ0n) is 12.2. The molecule has 1 heterocycles. The largest absolute Gasteiger partial charge is 0.395 e. The molecule has 2 aromatic rings. The Bertz CT molecular complexity index is 558. The van der Waals surface area contributed by atoms with E-state index >= 15 is 0 Å². The second-order valence-corrected chi connectivity index (χ2v) is 5.39. The maximum atomic E-state index is 9.94. The van der Waals surface area contributed by atoms with Crippen LogP contribution in [-0.2, 0) is 18.4 Å². The van der Waals surface area contributed by atoms with Crippen LogP contribution in [0.25, 0.3) is 0 Å². The molecule has 3 N–H and O–H groups in total. The summed E-state index contributed by atoms with van der Waals surface area (Å²) in [5.74, 6) is 0. The Balaban J connectivity index is 2.33. The Hall–Kier alpha value is -1.65. The van der Waals surface area contributed by atoms with E-state index in [2.05, 4.69) is 31.1 Å². The molecule has 0 saturated carbocycles. The van der Waals surface area contributed by atoms with E-state index in [0.717, 1.165) is 17.7 Å². The van der Waals surface area contributed by atoms with Crippen molar-refractivity contribution in [3.05, 3.63) is 53.3 Å². The molecule has 4 nitrogen and oxygen atoms in total. The summed E-state index contributed by atoms with van der Waals surface area (Å²) in [5, 5.41) is 14.2. The minimum Gasteiger partial charge on any atom is -0.395 e. The van der Waals surface area contributed by atoms with Crippen molar-refractivity contribution in [2.24, 2.45) is 5.73 Å². The molecule has 0 amide bonds. The van der Waals surface area contributed by atoms with E-state index in [1.165, 1.54) is 5.56 Å². The average Bonchev–Trinajstić information content (AvgIpc) is 2.92. The molecule has 0 aliphatic rings. The van der Waals surface area contributed by atoms with Gasteiger partial charge in [-0.15, -0.1) is 0 Å². The Morgan fingerprint density at radius 2 is 2.20 bits per heavy atom. The van der Waals surface area contributed by atoms with E-state index in [1.807, 2.05) is 29.2 Å². The van der Waals surface area contributed by atoms with Gasteiger partial charge in [0, 0.05) is 24.7 Å². The third-order valence-electron chi connectivity index (χ3n) is 3.88. The van der Waals surface area contributed by atoms with Crippen molar-refractivity contribution >= 4 is 0 Å². The predicted molar refractivity (Wildman–Crippen MR) is 80.6 cm³/mol. The molecule has 1 atom stereocenters. The van der Waals surface area contributed by atoms with Crippen LogP contribution in [0.3, 0.4) is 0 Å². The molecule has 0 fully saturated rings. The lowest BCUT2D eigenvalue weighted by molar-refractivity contribution is 0.196. The molecule has 4 heteroatoms. The summed E-state index contributed by atoms with van der Waals surface area (Å²) in [5.41, 5.74) is 8.94. The molecule has 108 valence electrons. The zero-order chi connectivity index (χ0) is 14.6. The second kappa shape index (κ2) is 6.20. The monoisotopic (exact) mass is 273 g/mol. The van der Waals surface area contributed by atoms with E-state index in [0.29, 0.717) is 13.0 Å². The number of aliphatic hydroxyl groups excluding tert-OH is 1. The van der Waals surface area contributed by atoms with Crippen LogP contribution >= 0.6 is 0 Å². The van der Waals surface area contributed by atoms with Gasteiger partial charge in [-0.1, -0.05) is 29.8 Å². The summed E-state index contributed by atoms with van der Waals surface area (Å²) < 4.78 is 1.89. The minimum atomic E-state index is -0.437. The van der Waals surface area contributed by atoms with Gasteiger partial charge in [-0.3, -0.25) is 4.68 Å². The second-order valence-electron chi connectivity index (χ2n) is 5.39. The van der Waals surface area contributed by atoms with Gasteiger partial charge in [-0.05, 0) is 31.4 Å². The van der Waals surface area contributed by atoms with E-state index in [9.17, 15) is 5.11 Å². The number of benzene rings is 1. The van der Waals surface area contributed by atoms with E-state index in [1.54, 1.807) is 0 Å². The number of aliphatic hydroxyl groups is 1. The van der Waals surface area contributed by atoms with Crippen LogP contribution in [0.15, 0.2) is 36.7 Å². The molecule has 0 radical (unpaired) electrons. The molecule has 0 saturated heterocycles. The van der Waals surface area contributed by atoms with Crippen molar-refractivity contribution in [1.29, 1.82) is 0 Å². The first-order chi connectivity index (χ1) is 9.63. The third-order valence-corrected chi connectivity index (χ3v) is 3.88. The SMILES string of the molecule is CCn1cc(CC(CN)(CO)c2cccc(C)c2)cn1. The van der Waals surface area contributed by atoms with Gasteiger partial charge in [0.1, 0.15) is 0 Å². The maximum absolute atomic E-state index is 9.94. The summed E-state index contributed by atoms with van der Waals surface area (Å²) in [6.07, 6.45) is 4.58. The van der Waals surface area contributed by atoms with Crippen LogP contribution in [0, 0.1) is 6.92 Å². The number of nitrogens with two attached hydrogens (primary N) is 1. The molecule has 2 rings (SSSR count). The number of rotatable bonds is 6. The fourth-order valence-corrected chi connectivity index (χ4v) is 2.54. The Morgan fingerprint density at radius 1 is 1.40 bits per heavy atom.